The molecule has 6 nitrogen and oxygen atoms in total. The van der Waals surface area contributed by atoms with E-state index in [1.54, 1.807) is 6.92 Å². The molecular formula is C12H24N4O2. The van der Waals surface area contributed by atoms with Gasteiger partial charge in [0.05, 0.1) is 6.67 Å². The van der Waals surface area contributed by atoms with Gasteiger partial charge in [0, 0.05) is 6.04 Å². The molecule has 0 spiro atoms. The van der Waals surface area contributed by atoms with E-state index in [0.717, 1.165) is 25.7 Å². The maximum absolute atomic E-state index is 11.2. The maximum Gasteiger partial charge on any atom is 0.320 e. The lowest BCUT2D eigenvalue weighted by Crippen LogP contribution is -2.46. The summed E-state index contributed by atoms with van der Waals surface area (Å²) >= 11 is 0. The van der Waals surface area contributed by atoms with Crippen LogP contribution in [0.2, 0.25) is 0 Å². The van der Waals surface area contributed by atoms with E-state index in [9.17, 15) is 4.79 Å². The Bertz CT molecular complexity index is 294. The first kappa shape index (κ1) is 14.8. The van der Waals surface area contributed by atoms with Gasteiger partial charge < -0.3 is 16.6 Å². The number of carboxylic acids is 1. The fourth-order valence-corrected chi connectivity index (χ4v) is 2.45. The van der Waals surface area contributed by atoms with Crippen molar-refractivity contribution in [1.29, 1.82) is 0 Å². The van der Waals surface area contributed by atoms with Crippen LogP contribution in [0.5, 0.6) is 0 Å². The minimum atomic E-state index is -0.829. The van der Waals surface area contributed by atoms with Crippen LogP contribution in [0, 0.1) is 0 Å². The average molecular weight is 256 g/mol. The second kappa shape index (κ2) is 7.20. The molecule has 0 amide bonds. The fraction of sp³-hybridized carbons (Fsp3) is 0.833. The van der Waals surface area contributed by atoms with E-state index >= 15 is 0 Å². The molecule has 0 aromatic heterocycles. The molecule has 1 atom stereocenters. The van der Waals surface area contributed by atoms with Crippen molar-refractivity contribution in [2.75, 3.05) is 6.67 Å². The first-order chi connectivity index (χ1) is 8.52. The van der Waals surface area contributed by atoms with Crippen LogP contribution in [0.25, 0.3) is 0 Å². The minimum Gasteiger partial charge on any atom is -0.480 e. The maximum atomic E-state index is 11.2. The second-order valence-electron chi connectivity index (χ2n) is 4.90. The van der Waals surface area contributed by atoms with E-state index in [4.69, 9.17) is 16.6 Å². The summed E-state index contributed by atoms with van der Waals surface area (Å²) < 4.78 is 0. The number of rotatable bonds is 5. The Morgan fingerprint density at radius 3 is 2.33 bits per heavy atom. The molecule has 0 aromatic carbocycles. The van der Waals surface area contributed by atoms with Crippen LogP contribution in [-0.2, 0) is 4.79 Å². The van der Waals surface area contributed by atoms with E-state index in [0.29, 0.717) is 0 Å². The lowest BCUT2D eigenvalue weighted by atomic mass is 10.1. The third-order valence-electron chi connectivity index (χ3n) is 3.57. The van der Waals surface area contributed by atoms with Crippen molar-refractivity contribution in [3.8, 4) is 0 Å². The van der Waals surface area contributed by atoms with Crippen LogP contribution < -0.4 is 11.5 Å². The normalized spacial score (nSPS) is 19.2. The Kier molecular flexibility index (Phi) is 5.91. The summed E-state index contributed by atoms with van der Waals surface area (Å²) in [6.45, 7) is 1.95. The van der Waals surface area contributed by atoms with Gasteiger partial charge in [0.2, 0.25) is 0 Å². The first-order valence-electron chi connectivity index (χ1n) is 6.56. The van der Waals surface area contributed by atoms with Gasteiger partial charge in [-0.3, -0.25) is 9.69 Å². The summed E-state index contributed by atoms with van der Waals surface area (Å²) in [7, 11) is 0. The fourth-order valence-electron chi connectivity index (χ4n) is 2.45. The molecule has 1 fully saturated rings. The van der Waals surface area contributed by atoms with Gasteiger partial charge in [-0.05, 0) is 19.8 Å². The number of carboxylic acid groups (broad SMARTS) is 1. The highest BCUT2D eigenvalue weighted by Gasteiger charge is 2.28. The SMILES string of the molecule is C[C@@H](C(=O)O)N(CN=C(N)N)C1CCCCCC1. The highest BCUT2D eigenvalue weighted by atomic mass is 16.4. The smallest absolute Gasteiger partial charge is 0.320 e. The Hall–Kier alpha value is -1.30. The largest absolute Gasteiger partial charge is 0.480 e. The molecule has 5 N–H and O–H groups in total. The molecule has 1 rings (SSSR count). The number of hydrogen-bond donors (Lipinski definition) is 3. The molecule has 0 aliphatic heterocycles. The summed E-state index contributed by atoms with van der Waals surface area (Å²) in [6.07, 6.45) is 6.81. The van der Waals surface area contributed by atoms with Gasteiger partial charge in [-0.2, -0.15) is 0 Å². The van der Waals surface area contributed by atoms with Gasteiger partial charge in [0.15, 0.2) is 5.96 Å². The van der Waals surface area contributed by atoms with Crippen LogP contribution in [-0.4, -0.2) is 40.7 Å². The average Bonchev–Trinajstić information content (AvgIpc) is 2.57. The van der Waals surface area contributed by atoms with E-state index in [2.05, 4.69) is 4.99 Å². The highest BCUT2D eigenvalue weighted by Crippen LogP contribution is 2.23. The molecule has 104 valence electrons. The van der Waals surface area contributed by atoms with Crippen molar-refractivity contribution in [2.45, 2.75) is 57.5 Å². The minimum absolute atomic E-state index is 0.00575. The molecule has 0 heterocycles. The second-order valence-corrected chi connectivity index (χ2v) is 4.90. The van der Waals surface area contributed by atoms with Crippen molar-refractivity contribution < 1.29 is 9.90 Å². The quantitative estimate of drug-likeness (QED) is 0.382. The number of aliphatic carboxylic acids is 1. The van der Waals surface area contributed by atoms with Crippen LogP contribution in [0.15, 0.2) is 4.99 Å². The number of carbonyl (C=O) groups is 1. The molecule has 0 bridgehead atoms. The highest BCUT2D eigenvalue weighted by molar-refractivity contribution is 5.76. The van der Waals surface area contributed by atoms with Gasteiger partial charge in [-0.25, -0.2) is 4.99 Å². The van der Waals surface area contributed by atoms with Crippen LogP contribution in [0.1, 0.15) is 45.4 Å². The molecule has 1 saturated carbocycles. The summed E-state index contributed by atoms with van der Waals surface area (Å²) in [4.78, 5) is 17.0. The van der Waals surface area contributed by atoms with Crippen molar-refractivity contribution in [3.05, 3.63) is 0 Å². The summed E-state index contributed by atoms with van der Waals surface area (Å²) in [5, 5.41) is 9.17. The molecule has 0 saturated heterocycles. The monoisotopic (exact) mass is 256 g/mol. The van der Waals surface area contributed by atoms with E-state index in [1.807, 2.05) is 4.90 Å². The molecule has 1 aliphatic rings. The van der Waals surface area contributed by atoms with Crippen molar-refractivity contribution in [2.24, 2.45) is 16.5 Å². The Balaban J connectivity index is 2.73. The number of aliphatic imine (C=N–C) groups is 1. The lowest BCUT2D eigenvalue weighted by Gasteiger charge is -2.32. The van der Waals surface area contributed by atoms with Gasteiger partial charge in [0.25, 0.3) is 0 Å². The van der Waals surface area contributed by atoms with Crippen LogP contribution in [0.3, 0.4) is 0 Å². The lowest BCUT2D eigenvalue weighted by molar-refractivity contribution is -0.143. The van der Waals surface area contributed by atoms with Gasteiger partial charge in [-0.15, -0.1) is 0 Å². The molecule has 0 aromatic rings. The van der Waals surface area contributed by atoms with Crippen molar-refractivity contribution >= 4 is 11.9 Å². The van der Waals surface area contributed by atoms with Gasteiger partial charge in [-0.1, -0.05) is 25.7 Å². The number of nitrogens with zero attached hydrogens (tertiary/aromatic N) is 2. The van der Waals surface area contributed by atoms with E-state index in [1.165, 1.54) is 12.8 Å². The topological polar surface area (TPSA) is 105 Å². The summed E-state index contributed by atoms with van der Waals surface area (Å²) in [5.74, 6) is -0.823. The molecule has 0 unspecified atom stereocenters. The van der Waals surface area contributed by atoms with Crippen molar-refractivity contribution in [1.82, 2.24) is 4.90 Å². The van der Waals surface area contributed by atoms with Crippen LogP contribution >= 0.6 is 0 Å². The summed E-state index contributed by atoms with van der Waals surface area (Å²) in [6, 6.07) is -0.294. The molecule has 0 radical (unpaired) electrons. The Morgan fingerprint density at radius 1 is 1.33 bits per heavy atom. The third-order valence-corrected chi connectivity index (χ3v) is 3.57. The van der Waals surface area contributed by atoms with Gasteiger partial charge >= 0.3 is 5.97 Å². The van der Waals surface area contributed by atoms with E-state index < -0.39 is 12.0 Å². The first-order valence-corrected chi connectivity index (χ1v) is 6.56. The Labute approximate surface area is 108 Å². The number of hydrogen-bond acceptors (Lipinski definition) is 3. The number of guanidine groups is 1. The Morgan fingerprint density at radius 2 is 1.89 bits per heavy atom. The predicted octanol–water partition coefficient (Wildman–Crippen LogP) is 0.715. The molecular weight excluding hydrogens is 232 g/mol. The zero-order chi connectivity index (χ0) is 13.5. The zero-order valence-corrected chi connectivity index (χ0v) is 11.0. The molecule has 1 aliphatic carbocycles. The zero-order valence-electron chi connectivity index (χ0n) is 11.0. The standard InChI is InChI=1S/C12H24N4O2/c1-9(11(17)18)16(8-15-12(13)14)10-6-4-2-3-5-7-10/h9-10H,2-8H2,1H3,(H,17,18)(H4,13,14,15)/t9-/m0/s1. The third kappa shape index (κ3) is 4.52. The predicted molar refractivity (Wildman–Crippen MR) is 71.1 cm³/mol. The molecule has 6 heteroatoms. The van der Waals surface area contributed by atoms with E-state index in [-0.39, 0.29) is 18.7 Å². The number of nitrogens with two attached hydrogens (primary N) is 2. The molecule has 18 heavy (non-hydrogen) atoms. The van der Waals surface area contributed by atoms with Gasteiger partial charge in [0.1, 0.15) is 6.04 Å². The van der Waals surface area contributed by atoms with Crippen LogP contribution in [0.4, 0.5) is 0 Å². The van der Waals surface area contributed by atoms with Crippen molar-refractivity contribution in [3.63, 3.8) is 0 Å². The summed E-state index contributed by atoms with van der Waals surface area (Å²) in [5.41, 5.74) is 10.7.